The molecule has 2 aliphatic rings. The monoisotopic (exact) mass is 314 g/mol. The summed E-state index contributed by atoms with van der Waals surface area (Å²) in [6.07, 6.45) is 1.61. The van der Waals surface area contributed by atoms with E-state index in [1.165, 1.54) is 11.3 Å². The summed E-state index contributed by atoms with van der Waals surface area (Å²) >= 11 is 1.40. The summed E-state index contributed by atoms with van der Waals surface area (Å²) in [5.74, 6) is 0.841. The van der Waals surface area contributed by atoms with Crippen molar-refractivity contribution in [2.24, 2.45) is 0 Å². The zero-order valence-electron chi connectivity index (χ0n) is 10.9. The predicted molar refractivity (Wildman–Crippen MR) is 85.1 cm³/mol. The van der Waals surface area contributed by atoms with Gasteiger partial charge in [0, 0.05) is 16.5 Å². The summed E-state index contributed by atoms with van der Waals surface area (Å²) in [6.45, 7) is 0.991. The second-order valence-corrected chi connectivity index (χ2v) is 5.66. The third-order valence-corrected chi connectivity index (χ3v) is 4.40. The van der Waals surface area contributed by atoms with Crippen molar-refractivity contribution < 1.29 is 19.1 Å². The van der Waals surface area contributed by atoms with Gasteiger partial charge in [0.15, 0.2) is 23.1 Å². The van der Waals surface area contributed by atoms with Crippen LogP contribution in [0.2, 0.25) is 0 Å². The molecule has 5 heteroatoms. The van der Waals surface area contributed by atoms with Gasteiger partial charge in [-0.1, -0.05) is 31.7 Å². The Morgan fingerprint density at radius 1 is 1.00 bits per heavy atom. The fraction of sp³-hybridized carbons (Fsp3) is 0.176. The fourth-order valence-electron chi connectivity index (χ4n) is 2.52. The molecule has 0 N–H and O–H groups in total. The Labute approximate surface area is 132 Å². The molecule has 0 atom stereocenters. The minimum absolute atomic E-state index is 0. The van der Waals surface area contributed by atoms with Crippen molar-refractivity contribution in [3.05, 3.63) is 51.2 Å². The van der Waals surface area contributed by atoms with Gasteiger partial charge in [0.1, 0.15) is 13.2 Å². The molecule has 2 aromatic rings. The van der Waals surface area contributed by atoms with Gasteiger partial charge in [-0.15, -0.1) is 11.3 Å². The molecule has 0 unspecified atom stereocenters. The molecule has 0 amide bonds. The molecule has 1 aliphatic carbocycles. The SMILES string of the molecule is C.O=C1C(=Cc2scc3c2OCCO3)C(=O)c2ccccc21. The lowest BCUT2D eigenvalue weighted by molar-refractivity contribution is 0.0990. The van der Waals surface area contributed by atoms with Gasteiger partial charge in [0.25, 0.3) is 0 Å². The molecule has 0 saturated carbocycles. The van der Waals surface area contributed by atoms with Crippen molar-refractivity contribution in [2.45, 2.75) is 7.43 Å². The van der Waals surface area contributed by atoms with Crippen molar-refractivity contribution in [1.29, 1.82) is 0 Å². The number of hydrogen-bond acceptors (Lipinski definition) is 5. The van der Waals surface area contributed by atoms with Crippen LogP contribution in [0.1, 0.15) is 33.0 Å². The first-order valence-corrected chi connectivity index (χ1v) is 7.41. The van der Waals surface area contributed by atoms with Crippen LogP contribution in [0.5, 0.6) is 11.5 Å². The molecule has 2 heterocycles. The zero-order valence-corrected chi connectivity index (χ0v) is 11.7. The van der Waals surface area contributed by atoms with E-state index in [9.17, 15) is 9.59 Å². The Bertz CT molecular complexity index is 764. The lowest BCUT2D eigenvalue weighted by atomic mass is 10.1. The Morgan fingerprint density at radius 2 is 1.64 bits per heavy atom. The second-order valence-electron chi connectivity index (χ2n) is 4.75. The number of benzene rings is 1. The number of ketones is 2. The fourth-order valence-corrected chi connectivity index (χ4v) is 3.38. The van der Waals surface area contributed by atoms with Crippen LogP contribution in [0, 0.1) is 0 Å². The third-order valence-electron chi connectivity index (χ3n) is 3.51. The number of ether oxygens (including phenoxy) is 2. The molecule has 0 spiro atoms. The van der Waals surface area contributed by atoms with Crippen molar-refractivity contribution in [1.82, 2.24) is 0 Å². The van der Waals surface area contributed by atoms with Crippen LogP contribution >= 0.6 is 11.3 Å². The van der Waals surface area contributed by atoms with Gasteiger partial charge in [0.2, 0.25) is 0 Å². The smallest absolute Gasteiger partial charge is 0.197 e. The van der Waals surface area contributed by atoms with Crippen LogP contribution in [0.25, 0.3) is 6.08 Å². The van der Waals surface area contributed by atoms with Crippen molar-refractivity contribution in [3.63, 3.8) is 0 Å². The summed E-state index contributed by atoms with van der Waals surface area (Å²) in [5, 5.41) is 1.83. The molecule has 1 aromatic heterocycles. The summed E-state index contributed by atoms with van der Waals surface area (Å²) in [5.41, 5.74) is 1.13. The molecule has 0 bridgehead atoms. The van der Waals surface area contributed by atoms with E-state index in [1.807, 2.05) is 5.38 Å². The molecular weight excluding hydrogens is 300 g/mol. The maximum Gasteiger partial charge on any atom is 0.197 e. The Morgan fingerprint density at radius 3 is 2.32 bits per heavy atom. The highest BCUT2D eigenvalue weighted by Gasteiger charge is 2.33. The van der Waals surface area contributed by atoms with Gasteiger partial charge in [-0.2, -0.15) is 0 Å². The molecule has 112 valence electrons. The molecule has 1 aliphatic heterocycles. The second kappa shape index (κ2) is 5.42. The highest BCUT2D eigenvalue weighted by atomic mass is 32.1. The first-order chi connectivity index (χ1) is 10.3. The van der Waals surface area contributed by atoms with Crippen LogP contribution in [0.4, 0.5) is 0 Å². The average Bonchev–Trinajstić information content (AvgIpc) is 3.04. The maximum absolute atomic E-state index is 12.3. The van der Waals surface area contributed by atoms with Gasteiger partial charge in [-0.3, -0.25) is 9.59 Å². The van der Waals surface area contributed by atoms with E-state index >= 15 is 0 Å². The van der Waals surface area contributed by atoms with E-state index in [0.29, 0.717) is 35.8 Å². The third kappa shape index (κ3) is 2.05. The molecular formula is C17H14O4S. The summed E-state index contributed by atoms with van der Waals surface area (Å²) in [7, 11) is 0. The number of carbonyl (C=O) groups is 2. The number of Topliss-reactive ketones (excluding diaryl/α,β-unsaturated/α-hetero) is 2. The number of fused-ring (bicyclic) bond motifs is 2. The standard InChI is InChI=1S/C16H10O4S.CH4/c17-14-9-3-1-2-4-10(9)15(18)11(14)7-13-16-12(8-21-13)19-5-6-20-16;/h1-4,7-8H,5-6H2;1H4. The highest BCUT2D eigenvalue weighted by molar-refractivity contribution is 7.11. The topological polar surface area (TPSA) is 52.6 Å². The molecule has 1 aromatic carbocycles. The summed E-state index contributed by atoms with van der Waals surface area (Å²) in [6, 6.07) is 6.88. The lowest BCUT2D eigenvalue weighted by Gasteiger charge is -2.15. The maximum atomic E-state index is 12.3. The van der Waals surface area contributed by atoms with Crippen LogP contribution in [0.15, 0.2) is 35.2 Å². The van der Waals surface area contributed by atoms with E-state index in [4.69, 9.17) is 9.47 Å². The van der Waals surface area contributed by atoms with E-state index in [1.54, 1.807) is 30.3 Å². The average molecular weight is 314 g/mol. The van der Waals surface area contributed by atoms with Crippen LogP contribution < -0.4 is 9.47 Å². The van der Waals surface area contributed by atoms with Crippen molar-refractivity contribution in [2.75, 3.05) is 13.2 Å². The van der Waals surface area contributed by atoms with Gasteiger partial charge < -0.3 is 9.47 Å². The number of rotatable bonds is 1. The van der Waals surface area contributed by atoms with Gasteiger partial charge in [-0.05, 0) is 6.08 Å². The first-order valence-electron chi connectivity index (χ1n) is 6.53. The molecule has 0 fully saturated rings. The Balaban J connectivity index is 0.00000144. The van der Waals surface area contributed by atoms with Crippen LogP contribution in [0.3, 0.4) is 0 Å². The lowest BCUT2D eigenvalue weighted by Crippen LogP contribution is -2.14. The van der Waals surface area contributed by atoms with Gasteiger partial charge in [-0.25, -0.2) is 0 Å². The predicted octanol–water partition coefficient (Wildman–Crippen LogP) is 3.62. The Kier molecular flexibility index (Phi) is 3.58. The van der Waals surface area contributed by atoms with Crippen molar-refractivity contribution >= 4 is 29.0 Å². The molecule has 0 saturated heterocycles. The molecule has 0 radical (unpaired) electrons. The summed E-state index contributed by atoms with van der Waals surface area (Å²) < 4.78 is 11.0. The van der Waals surface area contributed by atoms with E-state index in [-0.39, 0.29) is 24.6 Å². The van der Waals surface area contributed by atoms with E-state index in [0.717, 1.165) is 4.88 Å². The highest BCUT2D eigenvalue weighted by Crippen LogP contribution is 2.41. The molecule has 22 heavy (non-hydrogen) atoms. The Hall–Kier alpha value is -2.40. The van der Waals surface area contributed by atoms with Crippen LogP contribution in [-0.2, 0) is 0 Å². The molecule has 4 nitrogen and oxygen atoms in total. The van der Waals surface area contributed by atoms with E-state index in [2.05, 4.69) is 0 Å². The van der Waals surface area contributed by atoms with Crippen LogP contribution in [-0.4, -0.2) is 24.8 Å². The van der Waals surface area contributed by atoms with E-state index < -0.39 is 0 Å². The quantitative estimate of drug-likeness (QED) is 0.596. The van der Waals surface area contributed by atoms with Gasteiger partial charge in [0.05, 0.1) is 10.5 Å². The minimum Gasteiger partial charge on any atom is -0.485 e. The normalized spacial score (nSPS) is 15.4. The molecule has 4 rings (SSSR count). The largest absolute Gasteiger partial charge is 0.485 e. The van der Waals surface area contributed by atoms with Crippen molar-refractivity contribution in [3.8, 4) is 11.5 Å². The summed E-state index contributed by atoms with van der Waals surface area (Å²) in [4.78, 5) is 25.4. The minimum atomic E-state index is -0.227. The number of carbonyl (C=O) groups excluding carboxylic acids is 2. The number of thiophene rings is 1. The number of hydrogen-bond donors (Lipinski definition) is 0. The first kappa shape index (κ1) is 14.5. The number of allylic oxidation sites excluding steroid dienone is 1. The zero-order chi connectivity index (χ0) is 14.4. The van der Waals surface area contributed by atoms with Gasteiger partial charge >= 0.3 is 0 Å².